The summed E-state index contributed by atoms with van der Waals surface area (Å²) in [5.41, 5.74) is 8.37. The third-order valence-electron chi connectivity index (χ3n) is 5.78. The van der Waals surface area contributed by atoms with Gasteiger partial charge in [-0.3, -0.25) is 15.2 Å². The number of β-amino-alcohol motifs (C(OH)–C–C–N with tert-alkyl or cyclic N) is 1. The van der Waals surface area contributed by atoms with Crippen LogP contribution in [0.25, 0.3) is 0 Å². The van der Waals surface area contributed by atoms with E-state index in [0.29, 0.717) is 33.6 Å². The Morgan fingerprint density at radius 2 is 1.91 bits per heavy atom. The summed E-state index contributed by atoms with van der Waals surface area (Å²) in [7, 11) is 0. The summed E-state index contributed by atoms with van der Waals surface area (Å²) in [6, 6.07) is 12.0. The molecule has 0 aliphatic carbocycles. The number of aliphatic hydroxyl groups is 1. The molecule has 4 rings (SSSR count). The summed E-state index contributed by atoms with van der Waals surface area (Å²) in [5, 5.41) is 21.6. The Morgan fingerprint density at radius 1 is 1.23 bits per heavy atom. The number of ether oxygens (including phenoxy) is 1. The minimum absolute atomic E-state index is 0.238. The van der Waals surface area contributed by atoms with Gasteiger partial charge >= 0.3 is 0 Å². The normalized spacial score (nSPS) is 16.1. The zero-order chi connectivity index (χ0) is 25.1. The number of benzene rings is 2. The SMILES string of the molecule is CC(Oc1ccc(N)c(C(=N)C(=O)Nc2ccc(N3CCC(O)C3)cc2)c1)c1c(Cl)cncc1Cl. The number of halogens is 2. The lowest BCUT2D eigenvalue weighted by molar-refractivity contribution is -0.110. The summed E-state index contributed by atoms with van der Waals surface area (Å²) in [5.74, 6) is -0.202. The summed E-state index contributed by atoms with van der Waals surface area (Å²) in [6.07, 6.45) is 2.88. The van der Waals surface area contributed by atoms with Gasteiger partial charge in [0.15, 0.2) is 0 Å². The zero-order valence-corrected chi connectivity index (χ0v) is 20.5. The quantitative estimate of drug-likeness (QED) is 0.268. The number of hydrogen-bond acceptors (Lipinski definition) is 7. The number of amides is 1. The minimum Gasteiger partial charge on any atom is -0.486 e. The van der Waals surface area contributed by atoms with Crippen LogP contribution in [0.2, 0.25) is 10.0 Å². The highest BCUT2D eigenvalue weighted by Crippen LogP contribution is 2.33. The van der Waals surface area contributed by atoms with Crippen LogP contribution in [0.5, 0.6) is 5.75 Å². The lowest BCUT2D eigenvalue weighted by Crippen LogP contribution is -2.24. The fraction of sp³-hybridized carbons (Fsp3) is 0.240. The number of anilines is 3. The van der Waals surface area contributed by atoms with E-state index in [9.17, 15) is 9.90 Å². The molecule has 0 bridgehead atoms. The number of rotatable bonds is 7. The maximum absolute atomic E-state index is 12.8. The molecule has 1 fully saturated rings. The average molecular weight is 514 g/mol. The number of aromatic nitrogens is 1. The predicted molar refractivity (Wildman–Crippen MR) is 139 cm³/mol. The van der Waals surface area contributed by atoms with Crippen molar-refractivity contribution in [1.82, 2.24) is 4.98 Å². The number of pyridine rings is 1. The van der Waals surface area contributed by atoms with E-state index in [1.807, 2.05) is 12.1 Å². The first-order valence-electron chi connectivity index (χ1n) is 11.0. The second-order valence-corrected chi connectivity index (χ2v) is 9.10. The van der Waals surface area contributed by atoms with Crippen molar-refractivity contribution in [2.75, 3.05) is 29.0 Å². The van der Waals surface area contributed by atoms with Crippen LogP contribution < -0.4 is 20.7 Å². The summed E-state index contributed by atoms with van der Waals surface area (Å²) in [4.78, 5) is 18.8. The molecule has 2 unspecified atom stereocenters. The van der Waals surface area contributed by atoms with Crippen LogP contribution in [0.4, 0.5) is 17.1 Å². The van der Waals surface area contributed by atoms with Gasteiger partial charge in [0.05, 0.1) is 16.1 Å². The van der Waals surface area contributed by atoms with Crippen molar-refractivity contribution in [3.8, 4) is 5.75 Å². The van der Waals surface area contributed by atoms with E-state index in [-0.39, 0.29) is 23.1 Å². The van der Waals surface area contributed by atoms with Crippen LogP contribution in [-0.4, -0.2) is 40.9 Å². The predicted octanol–water partition coefficient (Wildman–Crippen LogP) is 4.69. The molecular weight excluding hydrogens is 489 g/mol. The lowest BCUT2D eigenvalue weighted by atomic mass is 10.1. The van der Waals surface area contributed by atoms with Crippen molar-refractivity contribution >= 4 is 51.9 Å². The number of aliphatic hydroxyl groups excluding tert-OH is 1. The first kappa shape index (κ1) is 24.8. The number of nitrogens with two attached hydrogens (primary N) is 1. The molecule has 0 saturated carbocycles. The molecule has 2 heterocycles. The molecule has 35 heavy (non-hydrogen) atoms. The molecule has 0 spiro atoms. The van der Waals surface area contributed by atoms with Crippen molar-refractivity contribution in [3.05, 3.63) is 76.0 Å². The van der Waals surface area contributed by atoms with Gasteiger partial charge in [0.1, 0.15) is 17.6 Å². The molecule has 0 radical (unpaired) electrons. The number of hydrogen-bond donors (Lipinski definition) is 4. The van der Waals surface area contributed by atoms with Crippen molar-refractivity contribution in [3.63, 3.8) is 0 Å². The van der Waals surface area contributed by atoms with Crippen molar-refractivity contribution < 1.29 is 14.6 Å². The number of nitrogen functional groups attached to an aromatic ring is 1. The molecule has 1 saturated heterocycles. The Kier molecular flexibility index (Phi) is 7.45. The standard InChI is InChI=1S/C25H25Cl2N5O3/c1-14(23-20(26)11-30-12-21(23)27)35-18-6-7-22(28)19(10-18)24(29)25(34)31-15-2-4-16(5-3-15)32-9-8-17(33)13-32/h2-7,10-12,14,17,29,33H,8-9,13,28H2,1H3,(H,31,34). The Balaban J connectivity index is 1.45. The third-order valence-corrected chi connectivity index (χ3v) is 6.39. The first-order valence-corrected chi connectivity index (χ1v) is 11.8. The molecule has 1 amide bonds. The monoisotopic (exact) mass is 513 g/mol. The lowest BCUT2D eigenvalue weighted by Gasteiger charge is -2.19. The maximum Gasteiger partial charge on any atom is 0.274 e. The summed E-state index contributed by atoms with van der Waals surface area (Å²) in [6.45, 7) is 3.16. The largest absolute Gasteiger partial charge is 0.486 e. The summed E-state index contributed by atoms with van der Waals surface area (Å²) < 4.78 is 5.97. The van der Waals surface area contributed by atoms with Gasteiger partial charge in [0, 0.05) is 53.7 Å². The fourth-order valence-corrected chi connectivity index (χ4v) is 4.62. The van der Waals surface area contributed by atoms with E-state index in [4.69, 9.17) is 39.1 Å². The molecule has 1 aliphatic heterocycles. The van der Waals surface area contributed by atoms with E-state index in [2.05, 4.69) is 15.2 Å². The van der Waals surface area contributed by atoms with E-state index in [0.717, 1.165) is 18.7 Å². The first-order chi connectivity index (χ1) is 16.7. The van der Waals surface area contributed by atoms with Crippen LogP contribution in [0.1, 0.15) is 30.6 Å². The number of nitrogens with one attached hydrogen (secondary N) is 2. The van der Waals surface area contributed by atoms with Gasteiger partial charge in [-0.2, -0.15) is 0 Å². The molecule has 1 aliphatic rings. The van der Waals surface area contributed by atoms with Gasteiger partial charge in [-0.1, -0.05) is 23.2 Å². The van der Waals surface area contributed by atoms with Crippen LogP contribution in [0.3, 0.4) is 0 Å². The van der Waals surface area contributed by atoms with Gasteiger partial charge in [-0.05, 0) is 55.8 Å². The summed E-state index contributed by atoms with van der Waals surface area (Å²) >= 11 is 12.4. The Bertz CT molecular complexity index is 1230. The molecular formula is C25H25Cl2N5O3. The Labute approximate surface area is 213 Å². The molecule has 2 atom stereocenters. The van der Waals surface area contributed by atoms with E-state index in [1.165, 1.54) is 12.4 Å². The highest BCUT2D eigenvalue weighted by molar-refractivity contribution is 6.48. The van der Waals surface area contributed by atoms with Crippen molar-refractivity contribution in [1.29, 1.82) is 5.41 Å². The maximum atomic E-state index is 12.8. The van der Waals surface area contributed by atoms with E-state index >= 15 is 0 Å². The highest BCUT2D eigenvalue weighted by Gasteiger charge is 2.21. The third kappa shape index (κ3) is 5.67. The van der Waals surface area contributed by atoms with Gasteiger partial charge < -0.3 is 25.8 Å². The van der Waals surface area contributed by atoms with E-state index < -0.39 is 12.0 Å². The van der Waals surface area contributed by atoms with Crippen LogP contribution in [-0.2, 0) is 4.79 Å². The van der Waals surface area contributed by atoms with Crippen LogP contribution in [0, 0.1) is 5.41 Å². The van der Waals surface area contributed by atoms with Gasteiger partial charge in [0.2, 0.25) is 0 Å². The number of carbonyl (C=O) groups is 1. The molecule has 3 aromatic rings. The molecule has 182 valence electrons. The van der Waals surface area contributed by atoms with Crippen molar-refractivity contribution in [2.45, 2.75) is 25.6 Å². The second kappa shape index (κ2) is 10.5. The molecule has 8 nitrogen and oxygen atoms in total. The molecule has 5 N–H and O–H groups in total. The number of carbonyl (C=O) groups excluding carboxylic acids is 1. The molecule has 1 aromatic heterocycles. The number of nitrogens with zero attached hydrogens (tertiary/aromatic N) is 2. The van der Waals surface area contributed by atoms with Crippen LogP contribution >= 0.6 is 23.2 Å². The second-order valence-electron chi connectivity index (χ2n) is 8.29. The topological polar surface area (TPSA) is 125 Å². The Hall–Kier alpha value is -3.33. The molecule has 2 aromatic carbocycles. The zero-order valence-electron chi connectivity index (χ0n) is 19.0. The fourth-order valence-electron chi connectivity index (χ4n) is 3.95. The highest BCUT2D eigenvalue weighted by atomic mass is 35.5. The smallest absolute Gasteiger partial charge is 0.274 e. The van der Waals surface area contributed by atoms with Gasteiger partial charge in [-0.25, -0.2) is 0 Å². The van der Waals surface area contributed by atoms with E-state index in [1.54, 1.807) is 37.3 Å². The van der Waals surface area contributed by atoms with Crippen molar-refractivity contribution in [2.24, 2.45) is 0 Å². The van der Waals surface area contributed by atoms with Crippen LogP contribution in [0.15, 0.2) is 54.9 Å². The van der Waals surface area contributed by atoms with Gasteiger partial charge in [-0.15, -0.1) is 0 Å². The molecule has 10 heteroatoms. The minimum atomic E-state index is -0.605. The average Bonchev–Trinajstić information content (AvgIpc) is 3.26. The Morgan fingerprint density at radius 3 is 2.54 bits per heavy atom. The van der Waals surface area contributed by atoms with Gasteiger partial charge in [0.25, 0.3) is 5.91 Å².